The number of rotatable bonds is 4. The van der Waals surface area contributed by atoms with Gasteiger partial charge in [-0.2, -0.15) is 0 Å². The van der Waals surface area contributed by atoms with Crippen LogP contribution >= 0.6 is 11.3 Å². The average molecular weight is 246 g/mol. The van der Waals surface area contributed by atoms with Crippen molar-refractivity contribution in [3.05, 3.63) is 52.0 Å². The summed E-state index contributed by atoms with van der Waals surface area (Å²) in [4.78, 5) is 4.49. The van der Waals surface area contributed by atoms with Gasteiger partial charge in [0.2, 0.25) is 0 Å². The lowest BCUT2D eigenvalue weighted by Gasteiger charge is -2.21. The molecule has 1 aromatic carbocycles. The first-order valence-electron chi connectivity index (χ1n) is 5.83. The van der Waals surface area contributed by atoms with Crippen LogP contribution in [0.5, 0.6) is 0 Å². The highest BCUT2D eigenvalue weighted by Gasteiger charge is 2.24. The summed E-state index contributed by atoms with van der Waals surface area (Å²) in [7, 11) is 0. The molecule has 1 unspecified atom stereocenters. The van der Waals surface area contributed by atoms with Gasteiger partial charge in [0.05, 0.1) is 5.54 Å². The van der Waals surface area contributed by atoms with Crippen LogP contribution in [0.1, 0.15) is 29.6 Å². The first-order valence-corrected chi connectivity index (χ1v) is 6.71. The van der Waals surface area contributed by atoms with E-state index in [0.717, 1.165) is 23.5 Å². The van der Waals surface area contributed by atoms with Gasteiger partial charge < -0.3 is 5.73 Å². The molecule has 17 heavy (non-hydrogen) atoms. The molecule has 90 valence electrons. The number of hydrogen-bond donors (Lipinski definition) is 1. The van der Waals surface area contributed by atoms with E-state index in [1.807, 2.05) is 13.0 Å². The molecule has 1 atom stereocenters. The van der Waals surface area contributed by atoms with E-state index in [9.17, 15) is 0 Å². The van der Waals surface area contributed by atoms with E-state index in [0.29, 0.717) is 0 Å². The van der Waals surface area contributed by atoms with Crippen molar-refractivity contribution in [1.82, 2.24) is 4.98 Å². The third-order valence-corrected chi connectivity index (χ3v) is 4.12. The van der Waals surface area contributed by atoms with E-state index in [4.69, 9.17) is 5.73 Å². The lowest BCUT2D eigenvalue weighted by atomic mass is 9.95. The van der Waals surface area contributed by atoms with Crippen LogP contribution < -0.4 is 5.73 Å². The topological polar surface area (TPSA) is 38.9 Å². The van der Waals surface area contributed by atoms with Gasteiger partial charge in [-0.05, 0) is 32.3 Å². The Balaban J connectivity index is 2.03. The summed E-state index contributed by atoms with van der Waals surface area (Å²) in [5.74, 6) is 0. The van der Waals surface area contributed by atoms with Crippen LogP contribution in [-0.2, 0) is 12.0 Å². The van der Waals surface area contributed by atoms with Gasteiger partial charge in [-0.15, -0.1) is 11.3 Å². The van der Waals surface area contributed by atoms with Gasteiger partial charge in [0.25, 0.3) is 0 Å². The number of aromatic nitrogens is 1. The quantitative estimate of drug-likeness (QED) is 0.899. The smallest absolute Gasteiger partial charge is 0.112 e. The molecule has 1 heterocycles. The maximum Gasteiger partial charge on any atom is 0.112 e. The fourth-order valence-corrected chi connectivity index (χ4v) is 2.67. The predicted octanol–water partition coefficient (Wildman–Crippen LogP) is 3.26. The van der Waals surface area contributed by atoms with Crippen LogP contribution in [0, 0.1) is 6.92 Å². The predicted molar refractivity (Wildman–Crippen MR) is 73.2 cm³/mol. The Morgan fingerprint density at radius 2 is 2.00 bits per heavy atom. The highest BCUT2D eigenvalue weighted by molar-refractivity contribution is 7.09. The van der Waals surface area contributed by atoms with E-state index in [-0.39, 0.29) is 5.54 Å². The fraction of sp³-hybridized carbons (Fsp3) is 0.357. The van der Waals surface area contributed by atoms with Crippen molar-refractivity contribution in [2.75, 3.05) is 0 Å². The normalized spacial score (nSPS) is 14.5. The molecule has 2 N–H and O–H groups in total. The summed E-state index contributed by atoms with van der Waals surface area (Å²) in [6, 6.07) is 10.5. The SMILES string of the molecule is Cc1csc(C(C)(N)CCc2ccccc2)n1. The van der Waals surface area contributed by atoms with Crippen molar-refractivity contribution in [2.24, 2.45) is 5.73 Å². The summed E-state index contributed by atoms with van der Waals surface area (Å²) >= 11 is 1.66. The molecular formula is C14H18N2S. The number of hydrogen-bond acceptors (Lipinski definition) is 3. The Kier molecular flexibility index (Phi) is 3.60. The number of nitrogens with two attached hydrogens (primary N) is 1. The second kappa shape index (κ2) is 4.98. The molecule has 0 fully saturated rings. The zero-order valence-electron chi connectivity index (χ0n) is 10.3. The van der Waals surface area contributed by atoms with Gasteiger partial charge in [0.1, 0.15) is 5.01 Å². The monoisotopic (exact) mass is 246 g/mol. The van der Waals surface area contributed by atoms with Crippen LogP contribution in [0.3, 0.4) is 0 Å². The fourth-order valence-electron chi connectivity index (χ4n) is 1.77. The molecule has 2 rings (SSSR count). The third-order valence-electron chi connectivity index (χ3n) is 2.88. The minimum atomic E-state index is -0.325. The van der Waals surface area contributed by atoms with E-state index in [2.05, 4.69) is 41.6 Å². The second-order valence-corrected chi connectivity index (χ2v) is 5.56. The maximum absolute atomic E-state index is 6.35. The number of thiazole rings is 1. The second-order valence-electron chi connectivity index (χ2n) is 4.70. The highest BCUT2D eigenvalue weighted by Crippen LogP contribution is 2.26. The number of nitrogens with zero attached hydrogens (tertiary/aromatic N) is 1. The largest absolute Gasteiger partial charge is 0.320 e. The highest BCUT2D eigenvalue weighted by atomic mass is 32.1. The van der Waals surface area contributed by atoms with Crippen LogP contribution in [0.4, 0.5) is 0 Å². The molecular weight excluding hydrogens is 228 g/mol. The number of benzene rings is 1. The molecule has 3 heteroatoms. The lowest BCUT2D eigenvalue weighted by Crippen LogP contribution is -2.33. The minimum absolute atomic E-state index is 0.325. The third kappa shape index (κ3) is 3.14. The molecule has 0 aliphatic carbocycles. The van der Waals surface area contributed by atoms with E-state index in [1.165, 1.54) is 5.56 Å². The molecule has 0 spiro atoms. The van der Waals surface area contributed by atoms with E-state index >= 15 is 0 Å². The van der Waals surface area contributed by atoms with Gasteiger partial charge in [-0.3, -0.25) is 0 Å². The molecule has 0 radical (unpaired) electrons. The molecule has 2 aromatic rings. The molecule has 0 aliphatic rings. The summed E-state index contributed by atoms with van der Waals surface area (Å²) < 4.78 is 0. The molecule has 2 nitrogen and oxygen atoms in total. The Morgan fingerprint density at radius 1 is 1.29 bits per heavy atom. The first kappa shape index (κ1) is 12.3. The van der Waals surface area contributed by atoms with Crippen LogP contribution in [0.25, 0.3) is 0 Å². The number of aryl methyl sites for hydroxylation is 2. The van der Waals surface area contributed by atoms with Crippen molar-refractivity contribution in [3.63, 3.8) is 0 Å². The summed E-state index contributed by atoms with van der Waals surface area (Å²) in [5, 5.41) is 3.09. The Labute approximate surface area is 107 Å². The minimum Gasteiger partial charge on any atom is -0.320 e. The van der Waals surface area contributed by atoms with Gasteiger partial charge >= 0.3 is 0 Å². The Hall–Kier alpha value is -1.19. The first-order chi connectivity index (χ1) is 8.08. The summed E-state index contributed by atoms with van der Waals surface area (Å²) in [5.41, 5.74) is 8.41. The van der Waals surface area contributed by atoms with Crippen molar-refractivity contribution in [2.45, 2.75) is 32.2 Å². The summed E-state index contributed by atoms with van der Waals surface area (Å²) in [6.45, 7) is 4.07. The van der Waals surface area contributed by atoms with Gasteiger partial charge in [0.15, 0.2) is 0 Å². The maximum atomic E-state index is 6.35. The van der Waals surface area contributed by atoms with Crippen molar-refractivity contribution >= 4 is 11.3 Å². The average Bonchev–Trinajstić information content (AvgIpc) is 2.76. The molecule has 0 saturated carbocycles. The van der Waals surface area contributed by atoms with Gasteiger partial charge in [0, 0.05) is 11.1 Å². The Bertz CT molecular complexity index is 474. The molecule has 1 aromatic heterocycles. The van der Waals surface area contributed by atoms with Crippen LogP contribution in [0.2, 0.25) is 0 Å². The zero-order chi connectivity index (χ0) is 12.3. The van der Waals surface area contributed by atoms with Crippen molar-refractivity contribution in [1.29, 1.82) is 0 Å². The van der Waals surface area contributed by atoms with Crippen molar-refractivity contribution in [3.8, 4) is 0 Å². The van der Waals surface area contributed by atoms with E-state index in [1.54, 1.807) is 11.3 Å². The molecule has 0 saturated heterocycles. The standard InChI is InChI=1S/C14H18N2S/c1-11-10-17-13(16-11)14(2,15)9-8-12-6-4-3-5-7-12/h3-7,10H,8-9,15H2,1-2H3. The van der Waals surface area contributed by atoms with Gasteiger partial charge in [-0.25, -0.2) is 4.98 Å². The van der Waals surface area contributed by atoms with Crippen molar-refractivity contribution < 1.29 is 0 Å². The van der Waals surface area contributed by atoms with Crippen LogP contribution in [-0.4, -0.2) is 4.98 Å². The van der Waals surface area contributed by atoms with Gasteiger partial charge in [-0.1, -0.05) is 30.3 Å². The zero-order valence-corrected chi connectivity index (χ0v) is 11.1. The van der Waals surface area contributed by atoms with Crippen LogP contribution in [0.15, 0.2) is 35.7 Å². The molecule has 0 aliphatic heterocycles. The van der Waals surface area contributed by atoms with E-state index < -0.39 is 0 Å². The summed E-state index contributed by atoms with van der Waals surface area (Å²) in [6.07, 6.45) is 1.91. The molecule has 0 amide bonds. The molecule has 0 bridgehead atoms. The lowest BCUT2D eigenvalue weighted by molar-refractivity contribution is 0.450. The Morgan fingerprint density at radius 3 is 2.59 bits per heavy atom.